The predicted molar refractivity (Wildman–Crippen MR) is 227 cm³/mol. The molecule has 0 aliphatic heterocycles. The molecule has 10 rings (SSSR count). The van der Waals surface area contributed by atoms with Crippen molar-refractivity contribution >= 4 is 21.8 Å². The molecule has 2 aromatic heterocycles. The molecule has 0 aliphatic rings. The van der Waals surface area contributed by atoms with Crippen LogP contribution in [-0.4, -0.2) is 19.5 Å². The topological polar surface area (TPSA) is 43.6 Å². The van der Waals surface area contributed by atoms with Crippen molar-refractivity contribution < 1.29 is 8.78 Å². The van der Waals surface area contributed by atoms with Crippen LogP contribution in [0.5, 0.6) is 0 Å². The number of halogens is 2. The molecule has 4 nitrogen and oxygen atoms in total. The Morgan fingerprint density at radius 2 is 0.719 bits per heavy atom. The average Bonchev–Trinajstić information content (AvgIpc) is 3.61. The van der Waals surface area contributed by atoms with Crippen molar-refractivity contribution in [2.45, 2.75) is 0 Å². The van der Waals surface area contributed by atoms with Crippen LogP contribution in [0.25, 0.3) is 95.0 Å². The van der Waals surface area contributed by atoms with Crippen molar-refractivity contribution in [2.75, 3.05) is 0 Å². The van der Waals surface area contributed by atoms with Crippen LogP contribution in [0.3, 0.4) is 0 Å². The summed E-state index contributed by atoms with van der Waals surface area (Å²) in [6.07, 6.45) is 0. The molecule has 0 unspecified atom stereocenters. The summed E-state index contributed by atoms with van der Waals surface area (Å²) in [6.45, 7) is 0. The minimum Gasteiger partial charge on any atom is -0.308 e. The summed E-state index contributed by atoms with van der Waals surface area (Å²) < 4.78 is 31.2. The second-order valence-corrected chi connectivity index (χ2v) is 13.9. The number of fused-ring (bicyclic) bond motifs is 3. The molecule has 0 N–H and O–H groups in total. The lowest BCUT2D eigenvalue weighted by Gasteiger charge is -2.16. The highest BCUT2D eigenvalue weighted by Gasteiger charge is 2.21. The fraction of sp³-hybridized carbons (Fsp3) is 0. The zero-order valence-electron chi connectivity index (χ0n) is 30.5. The highest BCUT2D eigenvalue weighted by atomic mass is 19.2. The summed E-state index contributed by atoms with van der Waals surface area (Å²) in [5.41, 5.74) is 10.9. The summed E-state index contributed by atoms with van der Waals surface area (Å²) in [6, 6.07) is 63.5. The van der Waals surface area contributed by atoms with E-state index in [0.29, 0.717) is 34.2 Å². The number of nitrogens with zero attached hydrogens (tertiary/aromatic N) is 4. The largest absolute Gasteiger partial charge is 0.308 e. The zero-order chi connectivity index (χ0) is 38.3. The first-order valence-electron chi connectivity index (χ1n) is 18.7. The van der Waals surface area contributed by atoms with Gasteiger partial charge in [0.15, 0.2) is 29.1 Å². The molecule has 57 heavy (non-hydrogen) atoms. The summed E-state index contributed by atoms with van der Waals surface area (Å²) in [7, 11) is 0. The van der Waals surface area contributed by atoms with Crippen molar-refractivity contribution in [1.82, 2.24) is 19.5 Å². The first kappa shape index (κ1) is 34.0. The Kier molecular flexibility index (Phi) is 8.49. The predicted octanol–water partition coefficient (Wildman–Crippen LogP) is 13.2. The van der Waals surface area contributed by atoms with Gasteiger partial charge in [-0.05, 0) is 81.9 Å². The molecule has 0 fully saturated rings. The van der Waals surface area contributed by atoms with E-state index in [-0.39, 0.29) is 0 Å². The van der Waals surface area contributed by atoms with Crippen LogP contribution in [0.1, 0.15) is 0 Å². The Bertz CT molecular complexity index is 2920. The molecule has 0 radical (unpaired) electrons. The molecule has 270 valence electrons. The van der Waals surface area contributed by atoms with E-state index in [1.807, 2.05) is 91.0 Å². The van der Waals surface area contributed by atoms with E-state index in [1.54, 1.807) is 6.07 Å². The maximum atomic E-state index is 14.7. The molecule has 2 heterocycles. The van der Waals surface area contributed by atoms with E-state index in [9.17, 15) is 8.78 Å². The summed E-state index contributed by atoms with van der Waals surface area (Å²) in [4.78, 5) is 15.2. The molecule has 0 saturated heterocycles. The van der Waals surface area contributed by atoms with Crippen molar-refractivity contribution in [1.29, 1.82) is 0 Å². The fourth-order valence-corrected chi connectivity index (χ4v) is 7.60. The summed E-state index contributed by atoms with van der Waals surface area (Å²) in [5.74, 6) is -0.333. The van der Waals surface area contributed by atoms with Gasteiger partial charge in [0.25, 0.3) is 0 Å². The minimum atomic E-state index is -0.915. The Morgan fingerprint density at radius 3 is 1.21 bits per heavy atom. The first-order chi connectivity index (χ1) is 28.1. The van der Waals surface area contributed by atoms with Crippen molar-refractivity contribution in [2.24, 2.45) is 0 Å². The summed E-state index contributed by atoms with van der Waals surface area (Å²) >= 11 is 0. The third kappa shape index (κ3) is 6.33. The molecule has 0 amide bonds. The second kappa shape index (κ2) is 14.3. The quantitative estimate of drug-likeness (QED) is 0.164. The smallest absolute Gasteiger partial charge is 0.166 e. The maximum Gasteiger partial charge on any atom is 0.166 e. The van der Waals surface area contributed by atoms with Crippen LogP contribution in [0.2, 0.25) is 0 Å². The lowest BCUT2D eigenvalue weighted by molar-refractivity contribution is 0.509. The molecular weight excluding hydrogens is 707 g/mol. The van der Waals surface area contributed by atoms with Crippen LogP contribution in [0.4, 0.5) is 8.78 Å². The van der Waals surface area contributed by atoms with Crippen LogP contribution < -0.4 is 0 Å². The van der Waals surface area contributed by atoms with E-state index < -0.39 is 11.6 Å². The SMILES string of the molecule is Fc1ccc(-c2ccc(-n3c4ccc(-c5ccccc5)cc4c4cc(-c5ccccc5)ccc43)c(-c3nc(-c4ccccc4)nc(-c4ccccc4)n3)c2)cc1F. The second-order valence-electron chi connectivity index (χ2n) is 13.9. The van der Waals surface area contributed by atoms with Crippen molar-refractivity contribution in [3.8, 4) is 73.2 Å². The number of hydrogen-bond acceptors (Lipinski definition) is 3. The Morgan fingerprint density at radius 1 is 0.316 bits per heavy atom. The third-order valence-corrected chi connectivity index (χ3v) is 10.4. The van der Waals surface area contributed by atoms with Gasteiger partial charge >= 0.3 is 0 Å². The molecule has 0 aliphatic carbocycles. The van der Waals surface area contributed by atoms with E-state index in [0.717, 1.165) is 66.9 Å². The van der Waals surface area contributed by atoms with E-state index in [4.69, 9.17) is 15.0 Å². The number of hydrogen-bond donors (Lipinski definition) is 0. The molecule has 10 aromatic rings. The molecule has 6 heteroatoms. The van der Waals surface area contributed by atoms with Gasteiger partial charge in [0.2, 0.25) is 0 Å². The van der Waals surface area contributed by atoms with Gasteiger partial charge in [-0.15, -0.1) is 0 Å². The van der Waals surface area contributed by atoms with Gasteiger partial charge in [-0.3, -0.25) is 0 Å². The van der Waals surface area contributed by atoms with Crippen LogP contribution in [0, 0.1) is 11.6 Å². The van der Waals surface area contributed by atoms with Crippen molar-refractivity contribution in [3.05, 3.63) is 206 Å². The molecule has 0 saturated carbocycles. The van der Waals surface area contributed by atoms with Gasteiger partial charge < -0.3 is 4.57 Å². The zero-order valence-corrected chi connectivity index (χ0v) is 30.5. The standard InChI is InChI=1S/C51H32F2N4/c52-44-25-21-40(32-45(44)53)39-24-28-48(43(31-39)51-55-49(35-17-9-3-10-18-35)54-50(56-51)36-19-11-4-12-20-36)57-46-26-22-37(33-13-5-1-6-14-33)29-41(46)42-30-38(23-27-47(42)57)34-15-7-2-8-16-34/h1-32H. The Labute approximate surface area is 328 Å². The normalized spacial score (nSPS) is 11.3. The minimum absolute atomic E-state index is 0.443. The molecule has 0 bridgehead atoms. The number of benzene rings is 8. The van der Waals surface area contributed by atoms with Gasteiger partial charge in [-0.25, -0.2) is 23.7 Å². The first-order valence-corrected chi connectivity index (χ1v) is 18.7. The highest BCUT2D eigenvalue weighted by Crippen LogP contribution is 2.41. The molecule has 0 spiro atoms. The Hall–Kier alpha value is -7.57. The lowest BCUT2D eigenvalue weighted by atomic mass is 10.0. The molecular formula is C51H32F2N4. The van der Waals surface area contributed by atoms with Gasteiger partial charge in [0.05, 0.1) is 16.7 Å². The molecule has 8 aromatic carbocycles. The van der Waals surface area contributed by atoms with E-state index in [2.05, 4.69) is 89.5 Å². The summed E-state index contributed by atoms with van der Waals surface area (Å²) in [5, 5.41) is 2.18. The average molecular weight is 739 g/mol. The fourth-order valence-electron chi connectivity index (χ4n) is 7.60. The van der Waals surface area contributed by atoms with Gasteiger partial charge in [0, 0.05) is 27.5 Å². The van der Waals surface area contributed by atoms with Crippen LogP contribution in [0.15, 0.2) is 194 Å². The van der Waals surface area contributed by atoms with E-state index in [1.165, 1.54) is 6.07 Å². The Balaban J connectivity index is 1.28. The number of rotatable bonds is 7. The molecule has 0 atom stereocenters. The van der Waals surface area contributed by atoms with Crippen molar-refractivity contribution in [3.63, 3.8) is 0 Å². The monoisotopic (exact) mass is 738 g/mol. The van der Waals surface area contributed by atoms with Gasteiger partial charge in [0.1, 0.15) is 0 Å². The van der Waals surface area contributed by atoms with E-state index >= 15 is 0 Å². The highest BCUT2D eigenvalue weighted by molar-refractivity contribution is 6.12. The third-order valence-electron chi connectivity index (χ3n) is 10.4. The maximum absolute atomic E-state index is 14.7. The van der Waals surface area contributed by atoms with Crippen LogP contribution >= 0.6 is 0 Å². The van der Waals surface area contributed by atoms with Gasteiger partial charge in [-0.2, -0.15) is 0 Å². The van der Waals surface area contributed by atoms with Crippen LogP contribution in [-0.2, 0) is 0 Å². The lowest BCUT2D eigenvalue weighted by Crippen LogP contribution is -2.04. The van der Waals surface area contributed by atoms with Gasteiger partial charge in [-0.1, -0.05) is 146 Å². The number of aromatic nitrogens is 4.